The highest BCUT2D eigenvalue weighted by molar-refractivity contribution is 14.0. The largest absolute Gasteiger partial charge is 0.378 e. The number of anilines is 1. The van der Waals surface area contributed by atoms with Crippen molar-refractivity contribution in [3.05, 3.63) is 23.9 Å². The number of carbonyl (C=O) groups excluding carboxylic acids is 1. The molecule has 9 heteroatoms. The van der Waals surface area contributed by atoms with Crippen molar-refractivity contribution >= 4 is 41.7 Å². The number of likely N-dealkylation sites (tertiary alicyclic amines) is 1. The second-order valence-electron chi connectivity index (χ2n) is 7.96. The Morgan fingerprint density at radius 3 is 2.93 bits per heavy atom. The van der Waals surface area contributed by atoms with Crippen molar-refractivity contribution in [2.45, 2.75) is 25.8 Å². The van der Waals surface area contributed by atoms with Crippen molar-refractivity contribution in [2.24, 2.45) is 10.4 Å². The second kappa shape index (κ2) is 9.92. The lowest BCUT2D eigenvalue weighted by atomic mass is 9.79. The van der Waals surface area contributed by atoms with Gasteiger partial charge < -0.3 is 25.2 Å². The van der Waals surface area contributed by atoms with Crippen molar-refractivity contribution in [1.82, 2.24) is 20.5 Å². The van der Waals surface area contributed by atoms with E-state index in [0.717, 1.165) is 76.1 Å². The smallest absolute Gasteiger partial charge is 0.220 e. The molecule has 0 aliphatic carbocycles. The molecule has 1 amide bonds. The lowest BCUT2D eigenvalue weighted by Gasteiger charge is -2.40. The van der Waals surface area contributed by atoms with Gasteiger partial charge in [-0.05, 0) is 18.9 Å². The fourth-order valence-electron chi connectivity index (χ4n) is 4.56. The summed E-state index contributed by atoms with van der Waals surface area (Å²) < 4.78 is 5.47. The summed E-state index contributed by atoms with van der Waals surface area (Å²) in [6.07, 6.45) is 4.66. The van der Waals surface area contributed by atoms with Crippen molar-refractivity contribution in [3.8, 4) is 0 Å². The molecule has 29 heavy (non-hydrogen) atoms. The maximum absolute atomic E-state index is 11.8. The number of halogens is 1. The zero-order valence-electron chi connectivity index (χ0n) is 17.0. The van der Waals surface area contributed by atoms with Crippen LogP contribution < -0.4 is 15.5 Å². The number of piperidine rings is 1. The molecule has 0 bridgehead atoms. The molecule has 160 valence electrons. The number of rotatable bonds is 3. The van der Waals surface area contributed by atoms with Gasteiger partial charge in [0.05, 0.1) is 13.2 Å². The van der Waals surface area contributed by atoms with E-state index in [1.54, 1.807) is 0 Å². The lowest BCUT2D eigenvalue weighted by molar-refractivity contribution is -0.119. The third-order valence-corrected chi connectivity index (χ3v) is 5.98. The van der Waals surface area contributed by atoms with Crippen LogP contribution in [0.3, 0.4) is 0 Å². The van der Waals surface area contributed by atoms with Crippen LogP contribution in [0.5, 0.6) is 0 Å². The number of aromatic nitrogens is 1. The van der Waals surface area contributed by atoms with E-state index in [2.05, 4.69) is 36.5 Å². The molecule has 3 aliphatic heterocycles. The molecule has 0 saturated carbocycles. The van der Waals surface area contributed by atoms with Crippen molar-refractivity contribution < 1.29 is 9.53 Å². The number of aliphatic imine (C=N–C) groups is 1. The molecule has 4 heterocycles. The Hall–Kier alpha value is -1.62. The summed E-state index contributed by atoms with van der Waals surface area (Å²) in [4.78, 5) is 25.5. The molecule has 0 radical (unpaired) electrons. The van der Waals surface area contributed by atoms with Crippen LogP contribution >= 0.6 is 24.0 Å². The number of guanidine groups is 1. The topological polar surface area (TPSA) is 82.1 Å². The van der Waals surface area contributed by atoms with Crippen LogP contribution in [0.4, 0.5) is 5.82 Å². The molecule has 8 nitrogen and oxygen atoms in total. The predicted molar refractivity (Wildman–Crippen MR) is 124 cm³/mol. The average molecular weight is 514 g/mol. The Kier molecular flexibility index (Phi) is 7.55. The van der Waals surface area contributed by atoms with Gasteiger partial charge in [-0.25, -0.2) is 4.98 Å². The Morgan fingerprint density at radius 2 is 2.21 bits per heavy atom. The molecule has 3 saturated heterocycles. The first-order valence-electron chi connectivity index (χ1n) is 10.2. The van der Waals surface area contributed by atoms with E-state index < -0.39 is 0 Å². The quantitative estimate of drug-likeness (QED) is 0.359. The summed E-state index contributed by atoms with van der Waals surface area (Å²) in [6, 6.07) is 4.10. The highest BCUT2D eigenvalue weighted by Crippen LogP contribution is 2.36. The van der Waals surface area contributed by atoms with Crippen molar-refractivity contribution in [2.75, 3.05) is 57.9 Å². The molecule has 2 N–H and O–H groups in total. The highest BCUT2D eigenvalue weighted by Gasteiger charge is 2.42. The summed E-state index contributed by atoms with van der Waals surface area (Å²) in [6.45, 7) is 6.52. The third kappa shape index (κ3) is 5.11. The Bertz CT molecular complexity index is 739. The number of hydrogen-bond acceptors (Lipinski definition) is 5. The molecule has 3 fully saturated rings. The van der Waals surface area contributed by atoms with Crippen molar-refractivity contribution in [3.63, 3.8) is 0 Å². The van der Waals surface area contributed by atoms with Crippen molar-refractivity contribution in [1.29, 1.82) is 0 Å². The van der Waals surface area contributed by atoms with E-state index in [1.807, 2.05) is 19.3 Å². The van der Waals surface area contributed by atoms with E-state index >= 15 is 0 Å². The van der Waals surface area contributed by atoms with Gasteiger partial charge in [0.15, 0.2) is 5.96 Å². The first-order valence-corrected chi connectivity index (χ1v) is 10.2. The maximum Gasteiger partial charge on any atom is 0.220 e. The number of carbonyl (C=O) groups is 1. The van der Waals surface area contributed by atoms with E-state index in [1.165, 1.54) is 0 Å². The minimum atomic E-state index is 0. The average Bonchev–Trinajstić information content (AvgIpc) is 3.09. The van der Waals surface area contributed by atoms with Gasteiger partial charge in [-0.3, -0.25) is 9.79 Å². The van der Waals surface area contributed by atoms with Gasteiger partial charge in [0.1, 0.15) is 5.82 Å². The fourth-order valence-corrected chi connectivity index (χ4v) is 4.56. The predicted octanol–water partition coefficient (Wildman–Crippen LogP) is 1.21. The van der Waals surface area contributed by atoms with Crippen LogP contribution in [0.1, 0.15) is 24.8 Å². The van der Waals surface area contributed by atoms with Gasteiger partial charge in [0.2, 0.25) is 5.91 Å². The van der Waals surface area contributed by atoms with E-state index in [0.29, 0.717) is 13.0 Å². The molecule has 3 aliphatic rings. The number of nitrogens with one attached hydrogen (secondary N) is 2. The first kappa shape index (κ1) is 22.1. The number of hydrogen-bond donors (Lipinski definition) is 2. The third-order valence-electron chi connectivity index (χ3n) is 5.98. The van der Waals surface area contributed by atoms with E-state index in [4.69, 9.17) is 4.74 Å². The Labute approximate surface area is 189 Å². The van der Waals surface area contributed by atoms with Gasteiger partial charge in [-0.2, -0.15) is 0 Å². The van der Waals surface area contributed by atoms with Crippen LogP contribution in [-0.2, 0) is 16.1 Å². The van der Waals surface area contributed by atoms with Gasteiger partial charge >= 0.3 is 0 Å². The highest BCUT2D eigenvalue weighted by atomic mass is 127. The normalized spacial score (nSPS) is 25.0. The standard InChI is InChI=1S/C20H30N6O2.HI/c1-21-19(26-7-3-5-20(15-26)12-17(27)24-14-20)23-13-16-4-2-6-22-18(16)25-8-10-28-11-9-25;/h2,4,6H,3,5,7-15H2,1H3,(H,21,23)(H,24,27);1H. The Morgan fingerprint density at radius 1 is 1.38 bits per heavy atom. The molecule has 1 spiro atoms. The summed E-state index contributed by atoms with van der Waals surface area (Å²) in [5, 5.41) is 6.53. The monoisotopic (exact) mass is 514 g/mol. The second-order valence-corrected chi connectivity index (χ2v) is 7.96. The number of amides is 1. The number of pyridine rings is 1. The van der Waals surface area contributed by atoms with Crippen LogP contribution in [-0.4, -0.2) is 74.7 Å². The molecular formula is C20H31IN6O2. The number of ether oxygens (including phenoxy) is 1. The summed E-state index contributed by atoms with van der Waals surface area (Å²) in [7, 11) is 1.83. The fraction of sp³-hybridized carbons (Fsp3) is 0.650. The molecule has 4 rings (SSSR count). The van der Waals surface area contributed by atoms with Gasteiger partial charge in [-0.15, -0.1) is 24.0 Å². The minimum absolute atomic E-state index is 0. The first-order chi connectivity index (χ1) is 13.7. The zero-order valence-corrected chi connectivity index (χ0v) is 19.4. The maximum atomic E-state index is 11.8. The van der Waals surface area contributed by atoms with E-state index in [-0.39, 0.29) is 35.3 Å². The lowest BCUT2D eigenvalue weighted by Crippen LogP contribution is -2.51. The Balaban J connectivity index is 0.00000240. The molecular weight excluding hydrogens is 483 g/mol. The van der Waals surface area contributed by atoms with Gasteiger partial charge in [0, 0.05) is 69.9 Å². The van der Waals surface area contributed by atoms with Crippen LogP contribution in [0.25, 0.3) is 0 Å². The van der Waals surface area contributed by atoms with Crippen LogP contribution in [0.15, 0.2) is 23.3 Å². The molecule has 0 aromatic carbocycles. The molecule has 1 aromatic rings. The van der Waals surface area contributed by atoms with Crippen LogP contribution in [0.2, 0.25) is 0 Å². The SMILES string of the molecule is CN=C(NCc1cccnc1N1CCOCC1)N1CCCC2(CNC(=O)C2)C1.I. The summed E-state index contributed by atoms with van der Waals surface area (Å²) in [5.41, 5.74) is 1.22. The number of nitrogens with zero attached hydrogens (tertiary/aromatic N) is 4. The minimum Gasteiger partial charge on any atom is -0.378 e. The zero-order chi connectivity index (χ0) is 19.4. The molecule has 1 unspecified atom stereocenters. The molecule has 1 aromatic heterocycles. The van der Waals surface area contributed by atoms with E-state index in [9.17, 15) is 4.79 Å². The van der Waals surface area contributed by atoms with Crippen LogP contribution in [0, 0.1) is 5.41 Å². The van der Waals surface area contributed by atoms with Gasteiger partial charge in [0.25, 0.3) is 0 Å². The summed E-state index contributed by atoms with van der Waals surface area (Å²) in [5.74, 6) is 2.10. The van der Waals surface area contributed by atoms with Gasteiger partial charge in [-0.1, -0.05) is 6.07 Å². The number of morpholine rings is 1. The molecule has 1 atom stereocenters. The summed E-state index contributed by atoms with van der Waals surface area (Å²) >= 11 is 0.